The van der Waals surface area contributed by atoms with Crippen molar-refractivity contribution in [2.45, 2.75) is 32.4 Å². The molecule has 0 aromatic rings. The third kappa shape index (κ3) is 1.48. The predicted octanol–water partition coefficient (Wildman–Crippen LogP) is 1.45. The highest BCUT2D eigenvalue weighted by atomic mass is 16.6. The number of ether oxygens (including phenoxy) is 1. The Morgan fingerprint density at radius 1 is 1.64 bits per heavy atom. The number of amides is 1. The van der Waals surface area contributed by atoms with Gasteiger partial charge in [0, 0.05) is 12.3 Å². The molecule has 0 spiro atoms. The van der Waals surface area contributed by atoms with Gasteiger partial charge in [-0.25, -0.2) is 4.79 Å². The van der Waals surface area contributed by atoms with E-state index in [-0.39, 0.29) is 24.2 Å². The van der Waals surface area contributed by atoms with Crippen LogP contribution in [0.25, 0.3) is 0 Å². The normalized spacial score (nSPS) is 38.9. The zero-order chi connectivity index (χ0) is 10.1. The highest BCUT2D eigenvalue weighted by Gasteiger charge is 2.37. The number of rotatable bonds is 0. The lowest BCUT2D eigenvalue weighted by atomic mass is 9.90. The Kier molecular flexibility index (Phi) is 2.20. The molecule has 1 aliphatic carbocycles. The van der Waals surface area contributed by atoms with E-state index < -0.39 is 0 Å². The first kappa shape index (κ1) is 9.14. The minimum atomic E-state index is -0.351. The van der Waals surface area contributed by atoms with Crippen LogP contribution in [0.3, 0.4) is 0 Å². The topological polar surface area (TPSA) is 38.3 Å². The number of alkyl carbamates (subject to hydrolysis) is 1. The van der Waals surface area contributed by atoms with Crippen molar-refractivity contribution < 1.29 is 9.53 Å². The second kappa shape index (κ2) is 3.38. The molecular weight excluding hydrogens is 178 g/mol. The van der Waals surface area contributed by atoms with Gasteiger partial charge in [-0.3, -0.25) is 0 Å². The zero-order valence-corrected chi connectivity index (χ0v) is 8.33. The quantitative estimate of drug-likeness (QED) is 0.465. The molecule has 0 saturated carbocycles. The fraction of sp³-hybridized carbons (Fsp3) is 0.545. The summed E-state index contributed by atoms with van der Waals surface area (Å²) >= 11 is 0. The molecule has 2 rings (SSSR count). The monoisotopic (exact) mass is 191 g/mol. The first-order chi connectivity index (χ1) is 6.68. The van der Waals surface area contributed by atoms with Crippen molar-refractivity contribution in [3.05, 3.63) is 11.6 Å². The number of hydrogen-bond donors (Lipinski definition) is 1. The van der Waals surface area contributed by atoms with Crippen LogP contribution < -0.4 is 5.32 Å². The van der Waals surface area contributed by atoms with Crippen molar-refractivity contribution in [1.82, 2.24) is 5.32 Å². The Bertz CT molecular complexity index is 348. The van der Waals surface area contributed by atoms with E-state index in [4.69, 9.17) is 4.74 Å². The Balaban J connectivity index is 2.29. The van der Waals surface area contributed by atoms with Gasteiger partial charge in [0.1, 0.15) is 12.1 Å². The number of hydrogen-bond acceptors (Lipinski definition) is 2. The zero-order valence-electron chi connectivity index (χ0n) is 8.33. The van der Waals surface area contributed by atoms with Crippen LogP contribution in [0.2, 0.25) is 0 Å². The van der Waals surface area contributed by atoms with Crippen molar-refractivity contribution in [2.75, 3.05) is 0 Å². The smallest absolute Gasteiger partial charge is 0.408 e. The molecular formula is C11H13NO2. The molecule has 0 aromatic carbocycles. The van der Waals surface area contributed by atoms with Gasteiger partial charge in [0.05, 0.1) is 0 Å². The lowest BCUT2D eigenvalue weighted by Crippen LogP contribution is -2.34. The van der Waals surface area contributed by atoms with Crippen molar-refractivity contribution in [2.24, 2.45) is 5.92 Å². The van der Waals surface area contributed by atoms with Crippen LogP contribution in [-0.2, 0) is 4.74 Å². The Morgan fingerprint density at radius 2 is 2.43 bits per heavy atom. The van der Waals surface area contributed by atoms with E-state index in [0.717, 1.165) is 6.42 Å². The van der Waals surface area contributed by atoms with Crippen LogP contribution in [-0.4, -0.2) is 18.2 Å². The maximum absolute atomic E-state index is 11.1. The molecule has 1 amide bonds. The average molecular weight is 191 g/mol. The second-order valence-corrected chi connectivity index (χ2v) is 3.75. The van der Waals surface area contributed by atoms with E-state index in [9.17, 15) is 4.79 Å². The summed E-state index contributed by atoms with van der Waals surface area (Å²) in [7, 11) is 0. The van der Waals surface area contributed by atoms with Gasteiger partial charge in [0.25, 0.3) is 0 Å². The first-order valence-electron chi connectivity index (χ1n) is 4.80. The molecule has 0 aromatic heterocycles. The maximum Gasteiger partial charge on any atom is 0.408 e. The van der Waals surface area contributed by atoms with Crippen LogP contribution in [0, 0.1) is 17.8 Å². The van der Waals surface area contributed by atoms with Gasteiger partial charge in [0.15, 0.2) is 0 Å². The van der Waals surface area contributed by atoms with E-state index in [2.05, 4.69) is 37.1 Å². The molecule has 0 radical (unpaired) electrons. The number of carbonyl (C=O) groups excluding carboxylic acids is 1. The Labute approximate surface area is 83.5 Å². The van der Waals surface area contributed by atoms with Gasteiger partial charge < -0.3 is 10.1 Å². The lowest BCUT2D eigenvalue weighted by Gasteiger charge is -2.21. The molecule has 1 N–H and O–H groups in total. The summed E-state index contributed by atoms with van der Waals surface area (Å²) in [5, 5.41) is 2.71. The van der Waals surface area contributed by atoms with Crippen LogP contribution in [0.15, 0.2) is 11.6 Å². The maximum atomic E-state index is 11.1. The van der Waals surface area contributed by atoms with Crippen LogP contribution in [0.4, 0.5) is 4.79 Å². The molecule has 1 heterocycles. The minimum absolute atomic E-state index is 0.133. The third-order valence-corrected chi connectivity index (χ3v) is 2.84. The van der Waals surface area contributed by atoms with E-state index in [1.54, 1.807) is 0 Å². The van der Waals surface area contributed by atoms with Gasteiger partial charge in [-0.1, -0.05) is 30.4 Å². The summed E-state index contributed by atoms with van der Waals surface area (Å²) in [6, 6.07) is -0.138. The minimum Gasteiger partial charge on any atom is -0.442 e. The summed E-state index contributed by atoms with van der Waals surface area (Å²) in [5.41, 5.74) is 1.24. The number of nitrogens with one attached hydrogen (secondary N) is 1. The molecule has 14 heavy (non-hydrogen) atoms. The number of fused-ring (bicyclic) bond motifs is 1. The molecule has 1 fully saturated rings. The fourth-order valence-electron chi connectivity index (χ4n) is 1.77. The molecule has 1 saturated heterocycles. The van der Waals surface area contributed by atoms with Crippen LogP contribution in [0.5, 0.6) is 0 Å². The summed E-state index contributed by atoms with van der Waals surface area (Å²) in [5.74, 6) is 6.27. The largest absolute Gasteiger partial charge is 0.442 e. The van der Waals surface area contributed by atoms with Crippen molar-refractivity contribution in [1.29, 1.82) is 0 Å². The first-order valence-corrected chi connectivity index (χ1v) is 4.80. The Morgan fingerprint density at radius 3 is 3.21 bits per heavy atom. The molecule has 3 atom stereocenters. The highest BCUT2D eigenvalue weighted by molar-refractivity contribution is 5.71. The number of carbonyl (C=O) groups is 1. The van der Waals surface area contributed by atoms with Crippen molar-refractivity contribution in [3.63, 3.8) is 0 Å². The summed E-state index contributed by atoms with van der Waals surface area (Å²) < 4.78 is 5.19. The predicted molar refractivity (Wildman–Crippen MR) is 52.5 cm³/mol. The van der Waals surface area contributed by atoms with Gasteiger partial charge >= 0.3 is 6.09 Å². The standard InChI is InChI=1S/C11H13NO2/c1-7-5-3-4-6-9-10(8(7)2)14-11(13)12-9/h5,8-10H,3H2,1-2H3,(H,12,13)/b7-5-. The van der Waals surface area contributed by atoms with E-state index in [1.165, 1.54) is 5.57 Å². The van der Waals surface area contributed by atoms with Crippen LogP contribution in [0.1, 0.15) is 20.3 Å². The molecule has 3 heteroatoms. The lowest BCUT2D eigenvalue weighted by molar-refractivity contribution is 0.113. The van der Waals surface area contributed by atoms with Gasteiger partial charge in [0.2, 0.25) is 0 Å². The summed E-state index contributed by atoms with van der Waals surface area (Å²) in [6.07, 6.45) is 2.37. The molecule has 3 nitrogen and oxygen atoms in total. The third-order valence-electron chi connectivity index (χ3n) is 2.84. The summed E-state index contributed by atoms with van der Waals surface area (Å²) in [6.45, 7) is 4.12. The second-order valence-electron chi connectivity index (χ2n) is 3.75. The van der Waals surface area contributed by atoms with E-state index in [1.807, 2.05) is 0 Å². The van der Waals surface area contributed by atoms with E-state index >= 15 is 0 Å². The average Bonchev–Trinajstić information content (AvgIpc) is 2.51. The molecule has 0 bridgehead atoms. The van der Waals surface area contributed by atoms with Crippen molar-refractivity contribution in [3.8, 4) is 11.8 Å². The molecule has 3 unspecified atom stereocenters. The number of allylic oxidation sites excluding steroid dienone is 1. The SMILES string of the molecule is C/C1=C/CC#CC2NC(=O)OC2C1C. The van der Waals surface area contributed by atoms with Crippen LogP contribution >= 0.6 is 0 Å². The van der Waals surface area contributed by atoms with Gasteiger partial charge in [-0.2, -0.15) is 0 Å². The van der Waals surface area contributed by atoms with Crippen molar-refractivity contribution >= 4 is 6.09 Å². The molecule has 74 valence electrons. The highest BCUT2D eigenvalue weighted by Crippen LogP contribution is 2.24. The molecule has 2 aliphatic rings. The van der Waals surface area contributed by atoms with Gasteiger partial charge in [-0.15, -0.1) is 0 Å². The Hall–Kier alpha value is -1.43. The fourth-order valence-corrected chi connectivity index (χ4v) is 1.77. The van der Waals surface area contributed by atoms with Gasteiger partial charge in [-0.05, 0) is 6.92 Å². The molecule has 1 aliphatic heterocycles. The van der Waals surface area contributed by atoms with E-state index in [0.29, 0.717) is 0 Å². The summed E-state index contributed by atoms with van der Waals surface area (Å²) in [4.78, 5) is 11.1.